The van der Waals surface area contributed by atoms with E-state index in [9.17, 15) is 8.78 Å². The molecule has 1 N–H and O–H groups in total. The van der Waals surface area contributed by atoms with E-state index >= 15 is 0 Å². The Balaban J connectivity index is 1.83. The van der Waals surface area contributed by atoms with Gasteiger partial charge in [-0.2, -0.15) is 0 Å². The summed E-state index contributed by atoms with van der Waals surface area (Å²) >= 11 is 0. The molecule has 2 heterocycles. The van der Waals surface area contributed by atoms with Crippen LogP contribution >= 0.6 is 0 Å². The first kappa shape index (κ1) is 17.2. The lowest BCUT2D eigenvalue weighted by Gasteiger charge is -2.11. The van der Waals surface area contributed by atoms with E-state index < -0.39 is 11.6 Å². The van der Waals surface area contributed by atoms with Crippen molar-refractivity contribution in [2.45, 2.75) is 20.8 Å². The number of rotatable bonds is 3. The van der Waals surface area contributed by atoms with E-state index in [2.05, 4.69) is 4.98 Å². The molecule has 0 spiro atoms. The van der Waals surface area contributed by atoms with Gasteiger partial charge in [-0.1, -0.05) is 30.3 Å². The van der Waals surface area contributed by atoms with Crippen LogP contribution in [-0.4, -0.2) is 14.5 Å². The summed E-state index contributed by atoms with van der Waals surface area (Å²) in [6.07, 6.45) is 0. The second-order valence-corrected chi connectivity index (χ2v) is 6.64. The van der Waals surface area contributed by atoms with Gasteiger partial charge in [-0.15, -0.1) is 0 Å². The van der Waals surface area contributed by atoms with Crippen molar-refractivity contribution in [3.05, 3.63) is 83.3 Å². The highest BCUT2D eigenvalue weighted by Crippen LogP contribution is 2.31. The molecule has 0 unspecified atom stereocenters. The van der Waals surface area contributed by atoms with Crippen molar-refractivity contribution in [3.8, 4) is 28.3 Å². The minimum absolute atomic E-state index is 0.323. The standard InChI is InChI=1S/C22H19F2N3/c1-13-11-18(15(3)27(13)20-10-9-17(23)12-19(20)24)22-25-14(2)21(26-22)16-7-5-4-6-8-16/h4-12H,1-3H3,(H,25,26). The van der Waals surface area contributed by atoms with Crippen LogP contribution in [0.3, 0.4) is 0 Å². The van der Waals surface area contributed by atoms with Crippen molar-refractivity contribution in [3.63, 3.8) is 0 Å². The second kappa shape index (κ2) is 6.50. The molecule has 4 aromatic rings. The zero-order chi connectivity index (χ0) is 19.1. The molecule has 0 aliphatic heterocycles. The fourth-order valence-electron chi connectivity index (χ4n) is 3.50. The summed E-state index contributed by atoms with van der Waals surface area (Å²) in [5.41, 5.74) is 5.80. The number of nitrogens with one attached hydrogen (secondary N) is 1. The van der Waals surface area contributed by atoms with E-state index in [1.165, 1.54) is 12.1 Å². The Kier molecular flexibility index (Phi) is 4.15. The molecule has 136 valence electrons. The van der Waals surface area contributed by atoms with E-state index in [-0.39, 0.29) is 0 Å². The van der Waals surface area contributed by atoms with Crippen molar-refractivity contribution in [2.75, 3.05) is 0 Å². The molecule has 0 aliphatic rings. The van der Waals surface area contributed by atoms with E-state index in [0.29, 0.717) is 5.69 Å². The van der Waals surface area contributed by atoms with Crippen molar-refractivity contribution >= 4 is 0 Å². The molecule has 0 saturated heterocycles. The second-order valence-electron chi connectivity index (χ2n) is 6.64. The Morgan fingerprint density at radius 1 is 0.926 bits per heavy atom. The van der Waals surface area contributed by atoms with Gasteiger partial charge in [0.25, 0.3) is 0 Å². The molecule has 27 heavy (non-hydrogen) atoms. The lowest BCUT2D eigenvalue weighted by molar-refractivity contribution is 0.576. The van der Waals surface area contributed by atoms with Gasteiger partial charge in [-0.25, -0.2) is 13.8 Å². The molecule has 0 bridgehead atoms. The Morgan fingerprint density at radius 2 is 1.67 bits per heavy atom. The van der Waals surface area contributed by atoms with Gasteiger partial charge in [0.05, 0.1) is 11.4 Å². The van der Waals surface area contributed by atoms with Crippen LogP contribution in [0, 0.1) is 32.4 Å². The van der Waals surface area contributed by atoms with Crippen molar-refractivity contribution in [1.82, 2.24) is 14.5 Å². The van der Waals surface area contributed by atoms with Crippen LogP contribution in [0.4, 0.5) is 8.78 Å². The smallest absolute Gasteiger partial charge is 0.150 e. The predicted molar refractivity (Wildman–Crippen MR) is 103 cm³/mol. The molecule has 0 amide bonds. The molecule has 0 radical (unpaired) electrons. The number of hydrogen-bond acceptors (Lipinski definition) is 1. The fourth-order valence-corrected chi connectivity index (χ4v) is 3.50. The van der Waals surface area contributed by atoms with E-state index in [1.807, 2.05) is 57.2 Å². The SMILES string of the molecule is Cc1[nH]c(-c2cc(C)n(-c3ccc(F)cc3F)c2C)nc1-c1ccccc1. The van der Waals surface area contributed by atoms with Crippen LogP contribution in [0.15, 0.2) is 54.6 Å². The normalized spacial score (nSPS) is 11.1. The number of aromatic amines is 1. The summed E-state index contributed by atoms with van der Waals surface area (Å²) in [5, 5.41) is 0. The molecule has 2 aromatic heterocycles. The van der Waals surface area contributed by atoms with E-state index in [0.717, 1.165) is 45.8 Å². The van der Waals surface area contributed by atoms with E-state index in [1.54, 1.807) is 4.57 Å². The zero-order valence-electron chi connectivity index (χ0n) is 15.3. The molecule has 2 aromatic carbocycles. The monoisotopic (exact) mass is 363 g/mol. The Hall–Kier alpha value is -3.21. The maximum atomic E-state index is 14.3. The Morgan fingerprint density at radius 3 is 2.37 bits per heavy atom. The molecular weight excluding hydrogens is 344 g/mol. The van der Waals surface area contributed by atoms with Gasteiger partial charge in [-0.3, -0.25) is 0 Å². The van der Waals surface area contributed by atoms with E-state index in [4.69, 9.17) is 4.98 Å². The molecule has 0 fully saturated rings. The summed E-state index contributed by atoms with van der Waals surface area (Å²) in [6.45, 7) is 5.79. The molecule has 3 nitrogen and oxygen atoms in total. The zero-order valence-corrected chi connectivity index (χ0v) is 15.3. The van der Waals surface area contributed by atoms with Crippen LogP contribution in [0.2, 0.25) is 0 Å². The first-order valence-electron chi connectivity index (χ1n) is 8.72. The Bertz CT molecular complexity index is 1120. The third-order valence-corrected chi connectivity index (χ3v) is 4.77. The highest BCUT2D eigenvalue weighted by Gasteiger charge is 2.18. The lowest BCUT2D eigenvalue weighted by Crippen LogP contribution is -2.02. The van der Waals surface area contributed by atoms with Gasteiger partial charge in [0.1, 0.15) is 17.5 Å². The number of aromatic nitrogens is 3. The third-order valence-electron chi connectivity index (χ3n) is 4.77. The lowest BCUT2D eigenvalue weighted by atomic mass is 10.1. The highest BCUT2D eigenvalue weighted by molar-refractivity contribution is 5.69. The van der Waals surface area contributed by atoms with Gasteiger partial charge >= 0.3 is 0 Å². The summed E-state index contributed by atoms with van der Waals surface area (Å²) < 4.78 is 29.4. The highest BCUT2D eigenvalue weighted by atomic mass is 19.1. The summed E-state index contributed by atoms with van der Waals surface area (Å²) in [5.74, 6) is -0.453. The van der Waals surface area contributed by atoms with Crippen LogP contribution in [0.25, 0.3) is 28.3 Å². The van der Waals surface area contributed by atoms with Crippen molar-refractivity contribution in [2.24, 2.45) is 0 Å². The number of benzene rings is 2. The van der Waals surface area contributed by atoms with Crippen molar-refractivity contribution in [1.29, 1.82) is 0 Å². The average molecular weight is 363 g/mol. The first-order valence-corrected chi connectivity index (χ1v) is 8.72. The predicted octanol–water partition coefficient (Wildman–Crippen LogP) is 5.74. The number of imidazole rings is 1. The topological polar surface area (TPSA) is 33.6 Å². The summed E-state index contributed by atoms with van der Waals surface area (Å²) in [7, 11) is 0. The maximum absolute atomic E-state index is 14.3. The van der Waals surface area contributed by atoms with Gasteiger partial charge < -0.3 is 9.55 Å². The minimum atomic E-state index is -0.594. The largest absolute Gasteiger partial charge is 0.341 e. The summed E-state index contributed by atoms with van der Waals surface area (Å²) in [6, 6.07) is 15.5. The molecule has 0 aliphatic carbocycles. The van der Waals surface area contributed by atoms with Gasteiger partial charge in [0.15, 0.2) is 0 Å². The number of aryl methyl sites for hydroxylation is 2. The number of nitrogens with zero attached hydrogens (tertiary/aromatic N) is 2. The van der Waals surface area contributed by atoms with Crippen LogP contribution in [0.5, 0.6) is 0 Å². The van der Waals surface area contributed by atoms with Crippen LogP contribution in [-0.2, 0) is 0 Å². The molecule has 4 rings (SSSR count). The fraction of sp³-hybridized carbons (Fsp3) is 0.136. The van der Waals surface area contributed by atoms with Crippen LogP contribution in [0.1, 0.15) is 17.1 Å². The number of hydrogen-bond donors (Lipinski definition) is 1. The minimum Gasteiger partial charge on any atom is -0.341 e. The molecule has 5 heteroatoms. The number of H-pyrrole nitrogens is 1. The average Bonchev–Trinajstić information content (AvgIpc) is 3.16. The first-order chi connectivity index (χ1) is 13.0. The number of halogens is 2. The van der Waals surface area contributed by atoms with Crippen molar-refractivity contribution < 1.29 is 8.78 Å². The molecule has 0 atom stereocenters. The third kappa shape index (κ3) is 2.95. The quantitative estimate of drug-likeness (QED) is 0.495. The Labute approximate surface area is 156 Å². The van der Waals surface area contributed by atoms with Gasteiger partial charge in [0, 0.05) is 34.3 Å². The summed E-state index contributed by atoms with van der Waals surface area (Å²) in [4.78, 5) is 8.11. The van der Waals surface area contributed by atoms with Gasteiger partial charge in [-0.05, 0) is 39.0 Å². The molecule has 0 saturated carbocycles. The van der Waals surface area contributed by atoms with Crippen LogP contribution < -0.4 is 0 Å². The molecular formula is C22H19F2N3. The maximum Gasteiger partial charge on any atom is 0.150 e. The van der Waals surface area contributed by atoms with Gasteiger partial charge in [0.2, 0.25) is 0 Å².